The summed E-state index contributed by atoms with van der Waals surface area (Å²) in [6.45, 7) is 7.88. The van der Waals surface area contributed by atoms with E-state index in [9.17, 15) is 0 Å². The Hall–Kier alpha value is -8.73. The van der Waals surface area contributed by atoms with Crippen LogP contribution in [-0.2, 0) is 0 Å². The van der Waals surface area contributed by atoms with Gasteiger partial charge in [-0.25, -0.2) is 34.7 Å². The van der Waals surface area contributed by atoms with Crippen LogP contribution in [0.1, 0.15) is 0 Å². The fourth-order valence-corrected chi connectivity index (χ4v) is 7.63. The van der Waals surface area contributed by atoms with Gasteiger partial charge in [0.1, 0.15) is 0 Å². The summed E-state index contributed by atoms with van der Waals surface area (Å²) in [6.07, 6.45) is 0. The van der Waals surface area contributed by atoms with Gasteiger partial charge in [0.15, 0.2) is 40.6 Å². The molecule has 8 aromatic carbocycles. The molecule has 0 bridgehead atoms. The molecule has 290 valence electrons. The number of rotatable bonds is 9. The summed E-state index contributed by atoms with van der Waals surface area (Å²) in [7, 11) is 0. The van der Waals surface area contributed by atoms with Crippen LogP contribution in [0.4, 0.5) is 5.69 Å². The molecular weight excluding hydrogens is 759 g/mol. The lowest BCUT2D eigenvalue weighted by atomic mass is 9.89. The van der Waals surface area contributed by atoms with Gasteiger partial charge >= 0.3 is 0 Å². The average molecular weight is 794 g/mol. The molecular formula is C55H35N7. The minimum absolute atomic E-state index is 0.534. The Labute approximate surface area is 359 Å². The van der Waals surface area contributed by atoms with Crippen LogP contribution in [0.3, 0.4) is 0 Å². The molecule has 0 spiro atoms. The lowest BCUT2D eigenvalue weighted by Gasteiger charge is -2.17. The minimum Gasteiger partial charge on any atom is -0.238 e. The maximum atomic E-state index is 7.88. The van der Waals surface area contributed by atoms with Crippen molar-refractivity contribution in [2.45, 2.75) is 0 Å². The maximum Gasteiger partial charge on any atom is 0.187 e. The standard InChI is InChI=1S/C55H35N7/c1-56-43-28-18-27-41(35-43)49-36-42(53-58-50(38-21-8-3-9-22-38)57-51(59-53)39-23-10-4-11-24-39)33-34-46(49)45-30-15-17-32-48(45)55-61-52(40-25-12-5-13-26-40)60-54(62-55)47-31-16-14-29-44(47)37-19-6-2-7-20-37/h2-36H. The molecule has 0 fully saturated rings. The fourth-order valence-electron chi connectivity index (χ4n) is 7.63. The zero-order valence-electron chi connectivity index (χ0n) is 33.3. The summed E-state index contributed by atoms with van der Waals surface area (Å²) < 4.78 is 0. The topological polar surface area (TPSA) is 81.7 Å². The third-order valence-corrected chi connectivity index (χ3v) is 10.6. The third kappa shape index (κ3) is 7.63. The van der Waals surface area contributed by atoms with E-state index in [2.05, 4.69) is 59.4 Å². The highest BCUT2D eigenvalue weighted by Gasteiger charge is 2.21. The monoisotopic (exact) mass is 793 g/mol. The van der Waals surface area contributed by atoms with Gasteiger partial charge in [0.25, 0.3) is 0 Å². The predicted octanol–water partition coefficient (Wildman–Crippen LogP) is 13.6. The van der Waals surface area contributed by atoms with E-state index in [1.807, 2.05) is 158 Å². The van der Waals surface area contributed by atoms with Crippen molar-refractivity contribution in [1.29, 1.82) is 0 Å². The van der Waals surface area contributed by atoms with Crippen molar-refractivity contribution in [1.82, 2.24) is 29.9 Å². The molecule has 0 saturated carbocycles. The Morgan fingerprint density at radius 1 is 0.242 bits per heavy atom. The highest BCUT2D eigenvalue weighted by molar-refractivity contribution is 5.93. The first-order valence-electron chi connectivity index (χ1n) is 20.2. The summed E-state index contributed by atoms with van der Waals surface area (Å²) in [5, 5.41) is 0. The van der Waals surface area contributed by atoms with Crippen LogP contribution < -0.4 is 0 Å². The van der Waals surface area contributed by atoms with Gasteiger partial charge in [-0.05, 0) is 45.5 Å². The number of nitrogens with zero attached hydrogens (tertiary/aromatic N) is 7. The smallest absolute Gasteiger partial charge is 0.187 e. The van der Waals surface area contributed by atoms with Gasteiger partial charge in [-0.15, -0.1) is 0 Å². The molecule has 7 heteroatoms. The zero-order chi connectivity index (χ0) is 41.7. The Morgan fingerprint density at radius 2 is 0.613 bits per heavy atom. The van der Waals surface area contributed by atoms with Gasteiger partial charge in [-0.1, -0.05) is 200 Å². The van der Waals surface area contributed by atoms with Crippen molar-refractivity contribution in [2.75, 3.05) is 0 Å². The van der Waals surface area contributed by atoms with Crippen molar-refractivity contribution in [3.63, 3.8) is 0 Å². The number of benzene rings is 8. The predicted molar refractivity (Wildman–Crippen MR) is 248 cm³/mol. The second kappa shape index (κ2) is 16.9. The molecule has 62 heavy (non-hydrogen) atoms. The molecule has 0 aliphatic carbocycles. The van der Waals surface area contributed by atoms with E-state index < -0.39 is 0 Å². The highest BCUT2D eigenvalue weighted by Crippen LogP contribution is 2.41. The van der Waals surface area contributed by atoms with E-state index >= 15 is 0 Å². The van der Waals surface area contributed by atoms with E-state index in [0.717, 1.165) is 66.8 Å². The molecule has 10 aromatic rings. The van der Waals surface area contributed by atoms with Crippen molar-refractivity contribution in [3.8, 4) is 102 Å². The Bertz CT molecular complexity index is 3180. The lowest BCUT2D eigenvalue weighted by Crippen LogP contribution is -2.02. The van der Waals surface area contributed by atoms with Crippen molar-refractivity contribution >= 4 is 5.69 Å². The summed E-state index contributed by atoms with van der Waals surface area (Å²) in [4.78, 5) is 34.3. The normalized spacial score (nSPS) is 10.9. The van der Waals surface area contributed by atoms with Crippen LogP contribution in [0.2, 0.25) is 0 Å². The molecule has 0 unspecified atom stereocenters. The van der Waals surface area contributed by atoms with Crippen LogP contribution in [-0.4, -0.2) is 29.9 Å². The average Bonchev–Trinajstić information content (AvgIpc) is 3.37. The third-order valence-electron chi connectivity index (χ3n) is 10.6. The molecule has 7 nitrogen and oxygen atoms in total. The molecule has 2 aromatic heterocycles. The SMILES string of the molecule is [C-]#[N+]c1cccc(-c2cc(-c3nc(-c4ccccc4)nc(-c4ccccc4)n3)ccc2-c2ccccc2-c2nc(-c3ccccc3)nc(-c3ccccc3-c3ccccc3)n2)c1. The summed E-state index contributed by atoms with van der Waals surface area (Å²) >= 11 is 0. The number of hydrogen-bond acceptors (Lipinski definition) is 6. The van der Waals surface area contributed by atoms with Crippen LogP contribution >= 0.6 is 0 Å². The largest absolute Gasteiger partial charge is 0.238 e. The quantitative estimate of drug-likeness (QED) is 0.135. The van der Waals surface area contributed by atoms with E-state index in [-0.39, 0.29) is 0 Å². The van der Waals surface area contributed by atoms with Crippen molar-refractivity contribution < 1.29 is 0 Å². The van der Waals surface area contributed by atoms with E-state index in [1.54, 1.807) is 0 Å². The molecule has 10 rings (SSSR count). The first-order valence-corrected chi connectivity index (χ1v) is 20.2. The van der Waals surface area contributed by atoms with Crippen LogP contribution in [0.25, 0.3) is 107 Å². The lowest BCUT2D eigenvalue weighted by molar-refractivity contribution is 1.07. The molecule has 0 radical (unpaired) electrons. The molecule has 0 atom stereocenters. The summed E-state index contributed by atoms with van der Waals surface area (Å²) in [5.41, 5.74) is 11.5. The van der Waals surface area contributed by atoms with Crippen LogP contribution in [0.15, 0.2) is 212 Å². The van der Waals surface area contributed by atoms with Gasteiger partial charge in [-0.3, -0.25) is 0 Å². The number of hydrogen-bond donors (Lipinski definition) is 0. The summed E-state index contributed by atoms with van der Waals surface area (Å²) in [6, 6.07) is 70.6. The van der Waals surface area contributed by atoms with Gasteiger partial charge in [0, 0.05) is 33.4 Å². The van der Waals surface area contributed by atoms with Gasteiger partial charge in [0.05, 0.1) is 6.57 Å². The number of aromatic nitrogens is 6. The van der Waals surface area contributed by atoms with Crippen LogP contribution in [0.5, 0.6) is 0 Å². The first kappa shape index (κ1) is 37.5. The van der Waals surface area contributed by atoms with Gasteiger partial charge in [-0.2, -0.15) is 0 Å². The molecule has 0 saturated heterocycles. The van der Waals surface area contributed by atoms with Crippen LogP contribution in [0, 0.1) is 6.57 Å². The Balaban J connectivity index is 1.18. The maximum absolute atomic E-state index is 7.88. The van der Waals surface area contributed by atoms with E-state index in [0.29, 0.717) is 40.6 Å². The minimum atomic E-state index is 0.534. The highest BCUT2D eigenvalue weighted by atomic mass is 15.0. The van der Waals surface area contributed by atoms with Gasteiger partial charge in [0.2, 0.25) is 0 Å². The Morgan fingerprint density at radius 3 is 1.13 bits per heavy atom. The van der Waals surface area contributed by atoms with E-state index in [4.69, 9.17) is 36.5 Å². The molecule has 0 aliphatic rings. The molecule has 0 amide bonds. The van der Waals surface area contributed by atoms with Crippen molar-refractivity contribution in [2.24, 2.45) is 0 Å². The zero-order valence-corrected chi connectivity index (χ0v) is 33.3. The Kier molecular flexibility index (Phi) is 10.2. The van der Waals surface area contributed by atoms with E-state index in [1.165, 1.54) is 0 Å². The molecule has 2 heterocycles. The van der Waals surface area contributed by atoms with Crippen molar-refractivity contribution in [3.05, 3.63) is 224 Å². The summed E-state index contributed by atoms with van der Waals surface area (Å²) in [5.74, 6) is 3.37. The molecule has 0 N–H and O–H groups in total. The first-order chi connectivity index (χ1) is 30.7. The second-order valence-corrected chi connectivity index (χ2v) is 14.6. The molecule has 0 aliphatic heterocycles. The second-order valence-electron chi connectivity index (χ2n) is 14.6. The van der Waals surface area contributed by atoms with Gasteiger partial charge < -0.3 is 0 Å². The fraction of sp³-hybridized carbons (Fsp3) is 0.